The summed E-state index contributed by atoms with van der Waals surface area (Å²) in [6.07, 6.45) is 2.12. The molecule has 1 aliphatic heterocycles. The summed E-state index contributed by atoms with van der Waals surface area (Å²) in [5.41, 5.74) is 10.9. The second-order valence-electron chi connectivity index (χ2n) is 10.6. The van der Waals surface area contributed by atoms with Crippen LogP contribution in [0.4, 0.5) is 23.8 Å². The quantitative estimate of drug-likeness (QED) is 0.182. The van der Waals surface area contributed by atoms with Crippen LogP contribution in [0.3, 0.4) is 0 Å². The Morgan fingerprint density at radius 1 is 1.21 bits per heavy atom. The molecule has 0 bridgehead atoms. The molecule has 48 heavy (non-hydrogen) atoms. The second kappa shape index (κ2) is 14.0. The molecule has 5 aromatic rings. The molecule has 0 spiro atoms. The van der Waals surface area contributed by atoms with Gasteiger partial charge in [0.05, 0.1) is 11.1 Å². The highest BCUT2D eigenvalue weighted by molar-refractivity contribution is 6.35. The lowest BCUT2D eigenvalue weighted by atomic mass is 9.90. The van der Waals surface area contributed by atoms with Gasteiger partial charge in [0, 0.05) is 42.6 Å². The molecule has 17 heteroatoms. The van der Waals surface area contributed by atoms with Crippen LogP contribution in [0.2, 0.25) is 5.02 Å². The molecule has 3 aromatic heterocycles. The fourth-order valence-corrected chi connectivity index (χ4v) is 5.37. The first-order chi connectivity index (χ1) is 22.8. The van der Waals surface area contributed by atoms with Crippen molar-refractivity contribution in [3.05, 3.63) is 94.4 Å². The molecule has 0 radical (unpaired) electrons. The normalized spacial score (nSPS) is 13.8. The molecular formula is C31H28ClF3N8O5. The molecule has 2 aromatic carbocycles. The average molecular weight is 685 g/mol. The number of ether oxygens (including phenoxy) is 1. The van der Waals surface area contributed by atoms with E-state index >= 15 is 0 Å². The zero-order valence-corrected chi connectivity index (χ0v) is 25.9. The fourth-order valence-electron chi connectivity index (χ4n) is 5.11. The van der Waals surface area contributed by atoms with Gasteiger partial charge in [0.25, 0.3) is 5.91 Å². The Morgan fingerprint density at radius 2 is 1.94 bits per heavy atom. The number of nitrogen functional groups attached to an aromatic ring is 1. The molecule has 6 rings (SSSR count). The molecule has 0 fully saturated rings. The largest absolute Gasteiger partial charge is 0.490 e. The molecular weight excluding hydrogens is 657 g/mol. The first-order valence-electron chi connectivity index (χ1n) is 14.4. The van der Waals surface area contributed by atoms with Gasteiger partial charge in [-0.05, 0) is 42.2 Å². The lowest BCUT2D eigenvalue weighted by molar-refractivity contribution is -0.192. The van der Waals surface area contributed by atoms with Crippen molar-refractivity contribution >= 4 is 57.5 Å². The van der Waals surface area contributed by atoms with E-state index in [4.69, 9.17) is 32.0 Å². The molecule has 13 nitrogen and oxygen atoms in total. The standard InChI is InChI=1S/C29H27ClN8O3.C2HF3O2/c1-17(34-28(39)24-26(31)36-38-11-5-10-32-27(24)38)20-14-22(30)21-15-33-35-25(21)23(20)19-8-12-37(13-9-19)29(40)41-16-18-6-3-2-4-7-18;3-2(4,5)1(6)7/h2-8,10-11,14-15,17H,9,12-13,16H2,1H3,(H2,31,36)(H,33,35)(H,34,39);(H,6,7). The van der Waals surface area contributed by atoms with E-state index in [1.807, 2.05) is 49.4 Å². The first kappa shape index (κ1) is 33.7. The van der Waals surface area contributed by atoms with E-state index in [2.05, 4.69) is 25.6 Å². The summed E-state index contributed by atoms with van der Waals surface area (Å²) in [4.78, 5) is 40.9. The van der Waals surface area contributed by atoms with Crippen molar-refractivity contribution in [1.82, 2.24) is 35.0 Å². The number of aromatic nitrogens is 5. The van der Waals surface area contributed by atoms with Crippen LogP contribution in [0, 0.1) is 0 Å². The van der Waals surface area contributed by atoms with E-state index in [0.717, 1.165) is 27.6 Å². The van der Waals surface area contributed by atoms with Gasteiger partial charge in [0.15, 0.2) is 11.5 Å². The van der Waals surface area contributed by atoms with Crippen molar-refractivity contribution in [2.75, 3.05) is 18.8 Å². The van der Waals surface area contributed by atoms with E-state index in [-0.39, 0.29) is 24.1 Å². The smallest absolute Gasteiger partial charge is 0.475 e. The number of carbonyl (C=O) groups is 3. The molecule has 1 atom stereocenters. The van der Waals surface area contributed by atoms with Gasteiger partial charge in [-0.15, -0.1) is 5.10 Å². The third-order valence-corrected chi connectivity index (χ3v) is 7.72. The molecule has 5 N–H and O–H groups in total. The minimum atomic E-state index is -5.08. The summed E-state index contributed by atoms with van der Waals surface area (Å²) < 4.78 is 38.7. The lowest BCUT2D eigenvalue weighted by Gasteiger charge is -2.28. The van der Waals surface area contributed by atoms with Crippen LogP contribution in [0.5, 0.6) is 0 Å². The zero-order chi connectivity index (χ0) is 34.6. The highest BCUT2D eigenvalue weighted by Gasteiger charge is 2.38. The molecule has 4 heterocycles. The van der Waals surface area contributed by atoms with Gasteiger partial charge in [0.2, 0.25) is 0 Å². The number of nitrogens with one attached hydrogen (secondary N) is 2. The number of amides is 2. The number of hydrogen-bond donors (Lipinski definition) is 4. The topological polar surface area (TPSA) is 181 Å². The number of anilines is 1. The number of aromatic amines is 1. The summed E-state index contributed by atoms with van der Waals surface area (Å²) in [5, 5.41) is 23.0. The van der Waals surface area contributed by atoms with Crippen molar-refractivity contribution in [2.24, 2.45) is 0 Å². The molecule has 1 unspecified atom stereocenters. The van der Waals surface area contributed by atoms with Gasteiger partial charge in [-0.25, -0.2) is 19.1 Å². The number of H-pyrrole nitrogens is 1. The number of halogens is 4. The van der Waals surface area contributed by atoms with Crippen molar-refractivity contribution in [3.63, 3.8) is 0 Å². The number of nitrogens with two attached hydrogens (primary N) is 1. The van der Waals surface area contributed by atoms with Gasteiger partial charge in [-0.3, -0.25) is 9.89 Å². The van der Waals surface area contributed by atoms with Gasteiger partial charge in [0.1, 0.15) is 17.7 Å². The highest BCUT2D eigenvalue weighted by Crippen LogP contribution is 2.38. The van der Waals surface area contributed by atoms with Crippen molar-refractivity contribution in [2.45, 2.75) is 32.2 Å². The Bertz CT molecular complexity index is 2010. The number of nitrogens with zero attached hydrogens (tertiary/aromatic N) is 5. The third kappa shape index (κ3) is 7.33. The van der Waals surface area contributed by atoms with Gasteiger partial charge in [-0.1, -0.05) is 48.0 Å². The Labute approximate surface area is 275 Å². The number of fused-ring (bicyclic) bond motifs is 2. The lowest BCUT2D eigenvalue weighted by Crippen LogP contribution is -2.35. The molecule has 2 amide bonds. The molecule has 0 aliphatic carbocycles. The number of carbonyl (C=O) groups excluding carboxylic acids is 2. The summed E-state index contributed by atoms with van der Waals surface area (Å²) in [5.74, 6) is -3.08. The van der Waals surface area contributed by atoms with E-state index in [0.29, 0.717) is 35.7 Å². The second-order valence-corrected chi connectivity index (χ2v) is 11.0. The van der Waals surface area contributed by atoms with Crippen LogP contribution in [-0.4, -0.2) is 72.0 Å². The number of carboxylic acid groups (broad SMARTS) is 1. The van der Waals surface area contributed by atoms with Crippen LogP contribution in [0.25, 0.3) is 22.1 Å². The van der Waals surface area contributed by atoms with Crippen molar-refractivity contribution in [3.8, 4) is 0 Å². The minimum absolute atomic E-state index is 0.0867. The summed E-state index contributed by atoms with van der Waals surface area (Å²) >= 11 is 6.64. The third-order valence-electron chi connectivity index (χ3n) is 7.40. The summed E-state index contributed by atoms with van der Waals surface area (Å²) in [7, 11) is 0. The van der Waals surface area contributed by atoms with Crippen LogP contribution in [-0.2, 0) is 16.1 Å². The van der Waals surface area contributed by atoms with E-state index in [9.17, 15) is 22.8 Å². The molecule has 0 saturated heterocycles. The number of hydrogen-bond acceptors (Lipinski definition) is 8. The number of aliphatic carboxylic acids is 1. The summed E-state index contributed by atoms with van der Waals surface area (Å²) in [6, 6.07) is 12.7. The Morgan fingerprint density at radius 3 is 2.60 bits per heavy atom. The monoisotopic (exact) mass is 684 g/mol. The predicted molar refractivity (Wildman–Crippen MR) is 169 cm³/mol. The maximum atomic E-state index is 13.4. The molecule has 0 saturated carbocycles. The maximum absolute atomic E-state index is 13.4. The number of benzene rings is 2. The maximum Gasteiger partial charge on any atom is 0.490 e. The Hall–Kier alpha value is -5.64. The highest BCUT2D eigenvalue weighted by atomic mass is 35.5. The van der Waals surface area contributed by atoms with Crippen LogP contribution in [0.15, 0.2) is 67.1 Å². The van der Waals surface area contributed by atoms with E-state index in [1.165, 1.54) is 4.52 Å². The van der Waals surface area contributed by atoms with Crippen LogP contribution in [0.1, 0.15) is 46.4 Å². The van der Waals surface area contributed by atoms with E-state index < -0.39 is 24.1 Å². The molecule has 250 valence electrons. The van der Waals surface area contributed by atoms with Crippen LogP contribution >= 0.6 is 11.6 Å². The van der Waals surface area contributed by atoms with Crippen molar-refractivity contribution < 1.29 is 37.4 Å². The fraction of sp³-hybridized carbons (Fsp3) is 0.226. The average Bonchev–Trinajstić information content (AvgIpc) is 3.68. The Balaban J connectivity index is 0.000000582. The van der Waals surface area contributed by atoms with E-state index in [1.54, 1.807) is 29.6 Å². The number of rotatable bonds is 6. The van der Waals surface area contributed by atoms with Crippen LogP contribution < -0.4 is 11.1 Å². The summed E-state index contributed by atoms with van der Waals surface area (Å²) in [6.45, 7) is 2.93. The van der Waals surface area contributed by atoms with Gasteiger partial charge < -0.3 is 25.8 Å². The first-order valence-corrected chi connectivity index (χ1v) is 14.7. The minimum Gasteiger partial charge on any atom is -0.475 e. The number of alkyl halides is 3. The predicted octanol–water partition coefficient (Wildman–Crippen LogP) is 5.39. The number of carboxylic acids is 1. The van der Waals surface area contributed by atoms with Gasteiger partial charge >= 0.3 is 18.2 Å². The SMILES string of the molecule is CC(NC(=O)c1c(N)nn2cccnc12)c1cc(Cl)c2c[nH]nc2c1C1=CCN(C(=O)OCc2ccccc2)CC1.O=C(O)C(F)(F)F. The molecule has 1 aliphatic rings. The van der Waals surface area contributed by atoms with Crippen molar-refractivity contribution in [1.29, 1.82) is 0 Å². The van der Waals surface area contributed by atoms with Gasteiger partial charge in [-0.2, -0.15) is 18.3 Å². The Kier molecular flexibility index (Phi) is 9.84. The zero-order valence-electron chi connectivity index (χ0n) is 25.2.